The normalized spacial score (nSPS) is 3.83. The Morgan fingerprint density at radius 2 is 0.391 bits per heavy atom. The Hall–Kier alpha value is -1.81. The molecule has 148 valence electrons. The van der Waals surface area contributed by atoms with Crippen LogP contribution in [0.1, 0.15) is 0 Å². The molecule has 0 spiro atoms. The molecule has 0 radical (unpaired) electrons. The van der Waals surface area contributed by atoms with Gasteiger partial charge in [-0.3, -0.25) is 0 Å². The fourth-order valence-corrected chi connectivity index (χ4v) is 0. The minimum Gasteiger partial charge on any atom is -0.543 e. The number of rotatable bonds is 0. The molecule has 0 aliphatic heterocycles. The van der Waals surface area contributed by atoms with Crippen LogP contribution in [0.15, 0.2) is 0 Å². The largest absolute Gasteiger partial charge is 4.00 e. The molecule has 0 heterocycles. The topological polar surface area (TPSA) is 476 Å². The Labute approximate surface area is 140 Å². The van der Waals surface area contributed by atoms with Gasteiger partial charge < -0.3 is 94.4 Å². The number of hydrogen-bond acceptors (Lipinski definition) is 8. The number of carbonyl (C=O) groups is 4. The first kappa shape index (κ1) is 129. The van der Waals surface area contributed by atoms with Crippen molar-refractivity contribution >= 4 is 23.9 Å². The van der Waals surface area contributed by atoms with Crippen LogP contribution in [0.3, 0.4) is 0 Å². The zero-order chi connectivity index (χ0) is 10.3. The second-order valence-electron chi connectivity index (χ2n) is 1.15. The van der Waals surface area contributed by atoms with Gasteiger partial charge in [0.1, 0.15) is 0 Å². The van der Waals surface area contributed by atoms with Gasteiger partial charge in [0, 0.05) is 0 Å². The fourth-order valence-electron chi connectivity index (χ4n) is 0. The van der Waals surface area contributed by atoms with Crippen LogP contribution in [0.2, 0.25) is 0 Å². The van der Waals surface area contributed by atoms with Crippen LogP contribution in [0.25, 0.3) is 0 Å². The van der Waals surface area contributed by atoms with E-state index in [0.29, 0.717) is 0 Å². The van der Waals surface area contributed by atoms with Crippen LogP contribution in [-0.2, 0) is 40.9 Å². The Morgan fingerprint density at radius 3 is 0.391 bits per heavy atom. The summed E-state index contributed by atoms with van der Waals surface area (Å²) in [7, 11) is 0. The number of carbonyl (C=O) groups excluding carboxylic acids is 4. The van der Waals surface area contributed by atoms with E-state index in [-0.39, 0.29) is 76.5 Å². The van der Waals surface area contributed by atoms with Crippen molar-refractivity contribution in [3.05, 3.63) is 0 Å². The SMILES string of the molecule is O.O.O.O.O.O.O.O.O.O.O=C([O-])C(=O)[O-].O=C([O-])C(=O)[O-].[Ti+4]. The first-order valence-electron chi connectivity index (χ1n) is 2.13. The van der Waals surface area contributed by atoms with E-state index < -0.39 is 23.9 Å². The van der Waals surface area contributed by atoms with Crippen molar-refractivity contribution in [2.75, 3.05) is 0 Å². The summed E-state index contributed by atoms with van der Waals surface area (Å²) in [6, 6.07) is 0. The van der Waals surface area contributed by atoms with Crippen LogP contribution in [-0.4, -0.2) is 78.6 Å². The van der Waals surface area contributed by atoms with Crippen molar-refractivity contribution < 1.29 is 116 Å². The van der Waals surface area contributed by atoms with E-state index in [1.54, 1.807) is 0 Å². The molecule has 18 nitrogen and oxygen atoms in total. The van der Waals surface area contributed by atoms with E-state index >= 15 is 0 Å². The minimum atomic E-state index is -2.19. The maximum atomic E-state index is 8.93. The molecule has 0 amide bonds. The summed E-state index contributed by atoms with van der Waals surface area (Å²) < 4.78 is 0. The number of carboxylic acids is 4. The molecule has 23 heavy (non-hydrogen) atoms. The quantitative estimate of drug-likeness (QED) is 0.274. The molecule has 0 saturated heterocycles. The Balaban J connectivity index is -0.00000000535. The smallest absolute Gasteiger partial charge is 0.543 e. The molecule has 0 rings (SSSR count). The van der Waals surface area contributed by atoms with Crippen molar-refractivity contribution in [2.45, 2.75) is 0 Å². The maximum Gasteiger partial charge on any atom is 4.00 e. The third-order valence-corrected chi connectivity index (χ3v) is 0.333. The predicted molar refractivity (Wildman–Crippen MR) is 56.2 cm³/mol. The fraction of sp³-hybridized carbons (Fsp3) is 0. The maximum absolute atomic E-state index is 8.93. The molecule has 0 atom stereocenters. The van der Waals surface area contributed by atoms with Gasteiger partial charge in [-0.15, -0.1) is 0 Å². The summed E-state index contributed by atoms with van der Waals surface area (Å²) >= 11 is 0. The Bertz CT molecular complexity index is 177. The van der Waals surface area contributed by atoms with Gasteiger partial charge in [-0.05, 0) is 0 Å². The van der Waals surface area contributed by atoms with Gasteiger partial charge in [-0.2, -0.15) is 0 Å². The van der Waals surface area contributed by atoms with Crippen molar-refractivity contribution in [3.8, 4) is 0 Å². The Kier molecular flexibility index (Phi) is 401. The summed E-state index contributed by atoms with van der Waals surface area (Å²) in [6.07, 6.45) is 0. The van der Waals surface area contributed by atoms with E-state index in [1.807, 2.05) is 0 Å². The molecule has 0 bridgehead atoms. The molecule has 0 aromatic heterocycles. The number of hydrogen-bond donors (Lipinski definition) is 0. The van der Waals surface area contributed by atoms with Gasteiger partial charge in [0.15, 0.2) is 0 Å². The molecule has 0 fully saturated rings. The number of carboxylic acid groups (broad SMARTS) is 4. The molecule has 0 aromatic carbocycles. The van der Waals surface area contributed by atoms with Gasteiger partial charge in [0.2, 0.25) is 0 Å². The van der Waals surface area contributed by atoms with E-state index in [2.05, 4.69) is 0 Å². The van der Waals surface area contributed by atoms with E-state index in [0.717, 1.165) is 0 Å². The molecule has 20 N–H and O–H groups in total. The first-order chi connectivity index (χ1) is 5.29. The average Bonchev–Trinajstić information content (AvgIpc) is 1.88. The van der Waals surface area contributed by atoms with Gasteiger partial charge in [-0.25, -0.2) is 0 Å². The summed E-state index contributed by atoms with van der Waals surface area (Å²) in [5, 5.41) is 35.7. The molecular formula is C4H20O18Ti. The summed E-state index contributed by atoms with van der Waals surface area (Å²) in [6.45, 7) is 0. The third kappa shape index (κ3) is 174. The molecule has 0 unspecified atom stereocenters. The minimum absolute atomic E-state index is 0. The zero-order valence-corrected chi connectivity index (χ0v) is 12.3. The van der Waals surface area contributed by atoms with Crippen molar-refractivity contribution in [3.63, 3.8) is 0 Å². The second-order valence-corrected chi connectivity index (χ2v) is 1.15. The van der Waals surface area contributed by atoms with Crippen molar-refractivity contribution in [2.24, 2.45) is 0 Å². The van der Waals surface area contributed by atoms with Gasteiger partial charge >= 0.3 is 21.7 Å². The summed E-state index contributed by atoms with van der Waals surface area (Å²) in [5.74, 6) is -8.74. The third-order valence-electron chi connectivity index (χ3n) is 0.333. The van der Waals surface area contributed by atoms with E-state index in [1.165, 1.54) is 0 Å². The van der Waals surface area contributed by atoms with Gasteiger partial charge in [0.25, 0.3) is 0 Å². The average molecular weight is 404 g/mol. The molecule has 0 saturated carbocycles. The van der Waals surface area contributed by atoms with Crippen LogP contribution < -0.4 is 20.4 Å². The van der Waals surface area contributed by atoms with Crippen molar-refractivity contribution in [1.82, 2.24) is 0 Å². The number of aliphatic carboxylic acids is 4. The van der Waals surface area contributed by atoms with Crippen LogP contribution in [0, 0.1) is 0 Å². The summed E-state index contributed by atoms with van der Waals surface area (Å²) in [4.78, 5) is 35.7. The molecule has 0 aliphatic rings. The monoisotopic (exact) mass is 404 g/mol. The molecule has 0 aromatic rings. The van der Waals surface area contributed by atoms with Crippen LogP contribution >= 0.6 is 0 Å². The predicted octanol–water partition coefficient (Wildman–Crippen LogP) is -15.3. The first-order valence-corrected chi connectivity index (χ1v) is 2.13. The Morgan fingerprint density at radius 1 is 0.348 bits per heavy atom. The van der Waals surface area contributed by atoms with Crippen LogP contribution in [0.4, 0.5) is 0 Å². The second kappa shape index (κ2) is 71.6. The molecule has 19 heteroatoms. The molecule has 0 aliphatic carbocycles. The standard InChI is InChI=1S/2C2H2O4.10H2O.Ti/c2*3-1(4)2(5)6;;;;;;;;;;;/h2*(H,3,4)(H,5,6);10*1H2;/q;;;;;;;;;;;;+4/p-4. The van der Waals surface area contributed by atoms with Crippen LogP contribution in [0.5, 0.6) is 0 Å². The molecular weight excluding hydrogens is 384 g/mol. The van der Waals surface area contributed by atoms with Gasteiger partial charge in [-0.1, -0.05) is 0 Å². The van der Waals surface area contributed by atoms with Crippen molar-refractivity contribution in [1.29, 1.82) is 0 Å². The summed E-state index contributed by atoms with van der Waals surface area (Å²) in [5.41, 5.74) is 0. The van der Waals surface area contributed by atoms with E-state index in [9.17, 15) is 0 Å². The van der Waals surface area contributed by atoms with Gasteiger partial charge in [0.05, 0.1) is 23.9 Å². The zero-order valence-electron chi connectivity index (χ0n) is 10.8. The van der Waals surface area contributed by atoms with E-state index in [4.69, 9.17) is 39.6 Å².